The fourth-order valence-corrected chi connectivity index (χ4v) is 6.63. The highest BCUT2D eigenvalue weighted by Gasteiger charge is 2.37. The van der Waals surface area contributed by atoms with Crippen LogP contribution in [0.2, 0.25) is 5.02 Å². The third-order valence-corrected chi connectivity index (χ3v) is 9.56. The highest BCUT2D eigenvalue weighted by Crippen LogP contribution is 2.36. The second-order valence-electron chi connectivity index (χ2n) is 10.7. The lowest BCUT2D eigenvalue weighted by Crippen LogP contribution is -2.65. The normalized spacial score (nSPS) is 23.1. The van der Waals surface area contributed by atoms with Gasteiger partial charge in [0.2, 0.25) is 5.88 Å². The average Bonchev–Trinajstić information content (AvgIpc) is 2.92. The zero-order valence-electron chi connectivity index (χ0n) is 21.8. The number of aryl methyl sites for hydroxylation is 1. The number of nitrogens with one attached hydrogen (secondary N) is 3. The van der Waals surface area contributed by atoms with Crippen molar-refractivity contribution in [3.63, 3.8) is 0 Å². The van der Waals surface area contributed by atoms with Crippen molar-refractivity contribution in [3.8, 4) is 5.88 Å². The second-order valence-corrected chi connectivity index (χ2v) is 12.3. The summed E-state index contributed by atoms with van der Waals surface area (Å²) in [7, 11) is 0. The van der Waals surface area contributed by atoms with Crippen LogP contribution in [-0.2, 0) is 17.8 Å². The molecule has 39 heavy (non-hydrogen) atoms. The first kappa shape index (κ1) is 27.9. The number of thioether (sulfide) groups is 1. The lowest BCUT2D eigenvalue weighted by Gasteiger charge is -2.43. The van der Waals surface area contributed by atoms with E-state index in [4.69, 9.17) is 17.3 Å². The van der Waals surface area contributed by atoms with Crippen LogP contribution < -0.4 is 27.2 Å². The maximum atomic E-state index is 13.0. The van der Waals surface area contributed by atoms with Crippen molar-refractivity contribution in [1.29, 1.82) is 0 Å². The Hall–Kier alpha value is -2.64. The summed E-state index contributed by atoms with van der Waals surface area (Å²) in [4.78, 5) is 45.8. The number of likely N-dealkylation sites (tertiary alicyclic amines) is 1. The molecule has 3 aliphatic rings. The molecule has 2 saturated heterocycles. The number of anilines is 1. The molecule has 1 aromatic heterocycles. The molecule has 11 nitrogen and oxygen atoms in total. The van der Waals surface area contributed by atoms with Crippen molar-refractivity contribution in [3.05, 3.63) is 45.0 Å². The minimum Gasteiger partial charge on any atom is -0.493 e. The van der Waals surface area contributed by atoms with E-state index in [-0.39, 0.29) is 33.6 Å². The monoisotopic (exact) mass is 575 g/mol. The summed E-state index contributed by atoms with van der Waals surface area (Å²) in [5.41, 5.74) is 5.36. The van der Waals surface area contributed by atoms with E-state index >= 15 is 0 Å². The van der Waals surface area contributed by atoms with E-state index in [1.54, 1.807) is 18.2 Å². The maximum Gasteiger partial charge on any atom is 0.270 e. The van der Waals surface area contributed by atoms with Crippen molar-refractivity contribution < 1.29 is 14.7 Å². The number of benzene rings is 1. The minimum atomic E-state index is -0.780. The molecule has 13 heteroatoms. The summed E-state index contributed by atoms with van der Waals surface area (Å²) in [5, 5.41) is 19.4. The third-order valence-electron chi connectivity index (χ3n) is 7.88. The molecular weight excluding hydrogens is 542 g/mol. The quantitative estimate of drug-likeness (QED) is 0.346. The molecule has 6 N–H and O–H groups in total. The molecule has 1 aromatic carbocycles. The standard InChI is InChI=1S/C26H34ClN7O4S/c1-26(14-28)8-11-33(12-9-26)21-24(37)32-18(13-29-21)39-16-6-4-5-15(20(16)27)30-22(35)19-23(36)31-17-7-2-3-10-34(17)25(19)38/h4-6,18,21,29,36H,2-3,7-14,28H2,1H3,(H,30,35)(H,32,37). The Morgan fingerprint density at radius 3 is 2.77 bits per heavy atom. The molecule has 210 valence electrons. The van der Waals surface area contributed by atoms with Crippen molar-refractivity contribution in [2.75, 3.05) is 31.5 Å². The van der Waals surface area contributed by atoms with Gasteiger partial charge in [0.25, 0.3) is 17.4 Å². The SMILES string of the molecule is CC1(CN)CCN(C2NCC(Sc3cccc(NC(=O)c4c(O)nc5n(c4=O)CCCC5)c3Cl)NC2=O)CC1. The smallest absolute Gasteiger partial charge is 0.270 e. The van der Waals surface area contributed by atoms with E-state index in [0.29, 0.717) is 36.8 Å². The number of hydrogen-bond donors (Lipinski definition) is 5. The predicted molar refractivity (Wildman–Crippen MR) is 150 cm³/mol. The summed E-state index contributed by atoms with van der Waals surface area (Å²) in [6.45, 7) is 5.45. The summed E-state index contributed by atoms with van der Waals surface area (Å²) >= 11 is 8.00. The molecule has 5 rings (SSSR count). The van der Waals surface area contributed by atoms with E-state index in [2.05, 4.69) is 32.8 Å². The van der Waals surface area contributed by atoms with Gasteiger partial charge in [-0.15, -0.1) is 0 Å². The minimum absolute atomic E-state index is 0.0912. The van der Waals surface area contributed by atoms with Gasteiger partial charge in [-0.2, -0.15) is 4.98 Å². The van der Waals surface area contributed by atoms with Crippen molar-refractivity contribution in [2.45, 2.75) is 62.0 Å². The fourth-order valence-electron chi connectivity index (χ4n) is 5.29. The molecule has 3 aliphatic heterocycles. The zero-order chi connectivity index (χ0) is 27.7. The lowest BCUT2D eigenvalue weighted by molar-refractivity contribution is -0.130. The van der Waals surface area contributed by atoms with Gasteiger partial charge in [-0.1, -0.05) is 36.4 Å². The molecule has 4 heterocycles. The molecule has 2 aromatic rings. The van der Waals surface area contributed by atoms with Gasteiger partial charge >= 0.3 is 0 Å². The van der Waals surface area contributed by atoms with Gasteiger partial charge < -0.3 is 21.5 Å². The summed E-state index contributed by atoms with van der Waals surface area (Å²) in [6.07, 6.45) is 3.78. The number of nitrogens with zero attached hydrogens (tertiary/aromatic N) is 3. The molecule has 2 amide bonds. The first-order valence-electron chi connectivity index (χ1n) is 13.3. The average molecular weight is 576 g/mol. The number of piperazine rings is 1. The van der Waals surface area contributed by atoms with Gasteiger partial charge in [0, 0.05) is 37.5 Å². The molecule has 0 spiro atoms. The third kappa shape index (κ3) is 5.80. The number of hydrogen-bond acceptors (Lipinski definition) is 9. The van der Waals surface area contributed by atoms with Gasteiger partial charge in [-0.05, 0) is 49.8 Å². The van der Waals surface area contributed by atoms with E-state index in [9.17, 15) is 19.5 Å². The van der Waals surface area contributed by atoms with Crippen LogP contribution in [0.4, 0.5) is 5.69 Å². The van der Waals surface area contributed by atoms with Gasteiger partial charge in [0.1, 0.15) is 12.0 Å². The van der Waals surface area contributed by atoms with Crippen LogP contribution in [0.25, 0.3) is 0 Å². The van der Waals surface area contributed by atoms with Gasteiger partial charge in [0.05, 0.1) is 16.1 Å². The highest BCUT2D eigenvalue weighted by atomic mass is 35.5. The molecule has 2 atom stereocenters. The number of aromatic hydroxyl groups is 1. The highest BCUT2D eigenvalue weighted by molar-refractivity contribution is 8.00. The Morgan fingerprint density at radius 1 is 1.28 bits per heavy atom. The number of aromatic nitrogens is 2. The lowest BCUT2D eigenvalue weighted by atomic mass is 9.80. The molecule has 0 bridgehead atoms. The number of amides is 2. The van der Waals surface area contributed by atoms with Crippen LogP contribution in [-0.4, -0.2) is 69.1 Å². The van der Waals surface area contributed by atoms with Gasteiger partial charge in [0.15, 0.2) is 5.56 Å². The maximum absolute atomic E-state index is 13.0. The molecule has 2 unspecified atom stereocenters. The van der Waals surface area contributed by atoms with Crippen molar-refractivity contribution in [1.82, 2.24) is 25.1 Å². The van der Waals surface area contributed by atoms with Crippen LogP contribution in [0.3, 0.4) is 0 Å². The Bertz CT molecular complexity index is 1330. The van der Waals surface area contributed by atoms with Crippen molar-refractivity contribution >= 4 is 40.9 Å². The first-order valence-corrected chi connectivity index (χ1v) is 14.5. The number of rotatable bonds is 6. The van der Waals surface area contributed by atoms with E-state index in [1.807, 2.05) is 0 Å². The van der Waals surface area contributed by atoms with Crippen LogP contribution in [0.15, 0.2) is 27.9 Å². The number of carbonyl (C=O) groups is 2. The number of halogens is 1. The van der Waals surface area contributed by atoms with Gasteiger partial charge in [-0.3, -0.25) is 29.2 Å². The van der Waals surface area contributed by atoms with Crippen LogP contribution in [0, 0.1) is 5.41 Å². The summed E-state index contributed by atoms with van der Waals surface area (Å²) in [5.74, 6) is -0.972. The van der Waals surface area contributed by atoms with Crippen LogP contribution >= 0.6 is 23.4 Å². The Morgan fingerprint density at radius 2 is 2.05 bits per heavy atom. The van der Waals surface area contributed by atoms with Crippen molar-refractivity contribution in [2.24, 2.45) is 11.1 Å². The second kappa shape index (κ2) is 11.5. The molecule has 0 radical (unpaired) electrons. The number of nitrogens with two attached hydrogens (primary N) is 1. The Labute approximate surface area is 235 Å². The van der Waals surface area contributed by atoms with E-state index in [1.165, 1.54) is 16.3 Å². The predicted octanol–water partition coefficient (Wildman–Crippen LogP) is 1.72. The van der Waals surface area contributed by atoms with Crippen LogP contribution in [0.1, 0.15) is 48.8 Å². The van der Waals surface area contributed by atoms with Crippen LogP contribution in [0.5, 0.6) is 5.88 Å². The molecular formula is C26H34ClN7O4S. The number of piperidine rings is 1. The van der Waals surface area contributed by atoms with E-state index < -0.39 is 22.9 Å². The topological polar surface area (TPSA) is 155 Å². The van der Waals surface area contributed by atoms with Gasteiger partial charge in [-0.25, -0.2) is 0 Å². The summed E-state index contributed by atoms with van der Waals surface area (Å²) < 4.78 is 1.44. The van der Waals surface area contributed by atoms with E-state index in [0.717, 1.165) is 38.8 Å². The largest absolute Gasteiger partial charge is 0.493 e. The number of fused-ring (bicyclic) bond motifs is 1. The zero-order valence-corrected chi connectivity index (χ0v) is 23.4. The number of carbonyl (C=O) groups excluding carboxylic acids is 2. The summed E-state index contributed by atoms with van der Waals surface area (Å²) in [6, 6.07) is 5.14. The Balaban J connectivity index is 1.24. The molecule has 0 aliphatic carbocycles. The fraction of sp³-hybridized carbons (Fsp3) is 0.538. The molecule has 2 fully saturated rings. The Kier molecular flexibility index (Phi) is 8.20. The first-order chi connectivity index (χ1) is 18.7. The molecule has 0 saturated carbocycles.